The van der Waals surface area contributed by atoms with Gasteiger partial charge >= 0.3 is 6.18 Å². The Kier molecular flexibility index (Phi) is 10.8. The molecule has 0 amide bonds. The van der Waals surface area contributed by atoms with Crippen molar-refractivity contribution < 1.29 is 17.9 Å². The summed E-state index contributed by atoms with van der Waals surface area (Å²) in [4.78, 5) is 4.21. The minimum Gasteiger partial charge on any atom is -0.375 e. The van der Waals surface area contributed by atoms with E-state index in [0.29, 0.717) is 44.1 Å². The second kappa shape index (κ2) is 13.8. The highest BCUT2D eigenvalue weighted by atomic mass is 19.4. The van der Waals surface area contributed by atoms with E-state index in [1.807, 2.05) is 4.90 Å². The highest BCUT2D eigenvalue weighted by Gasteiger charge is 2.34. The maximum absolute atomic E-state index is 13.3. The fourth-order valence-corrected chi connectivity index (χ4v) is 4.78. The van der Waals surface area contributed by atoms with Gasteiger partial charge in [0.1, 0.15) is 0 Å². The van der Waals surface area contributed by atoms with Crippen LogP contribution in [0.5, 0.6) is 0 Å². The van der Waals surface area contributed by atoms with Crippen LogP contribution in [-0.4, -0.2) is 50.3 Å². The largest absolute Gasteiger partial charge is 0.417 e. The minimum atomic E-state index is -4.54. The third-order valence-electron chi connectivity index (χ3n) is 7.20. The molecule has 1 fully saturated rings. The molecule has 0 radical (unpaired) electrons. The molecule has 0 bridgehead atoms. The Morgan fingerprint density at radius 2 is 1.65 bits per heavy atom. The molecule has 0 saturated carbocycles. The van der Waals surface area contributed by atoms with Crippen molar-refractivity contribution in [2.75, 3.05) is 44.2 Å². The first-order chi connectivity index (χ1) is 17.8. The zero-order valence-electron chi connectivity index (χ0n) is 22.2. The molecule has 1 saturated heterocycles. The number of ether oxygens (including phenoxy) is 1. The number of nitriles is 1. The first-order valence-corrected chi connectivity index (χ1v) is 13.3. The van der Waals surface area contributed by atoms with E-state index in [9.17, 15) is 13.2 Å². The number of nitrogens with one attached hydrogen (secondary N) is 1. The highest BCUT2D eigenvalue weighted by molar-refractivity contribution is 5.55. The van der Waals surface area contributed by atoms with Gasteiger partial charge in [-0.25, -0.2) is 0 Å². The molecule has 5 nitrogen and oxygen atoms in total. The van der Waals surface area contributed by atoms with Crippen LogP contribution in [0, 0.1) is 11.3 Å². The van der Waals surface area contributed by atoms with Crippen LogP contribution in [0.15, 0.2) is 42.5 Å². The van der Waals surface area contributed by atoms with E-state index in [1.165, 1.54) is 11.6 Å². The van der Waals surface area contributed by atoms with Crippen LogP contribution in [0.1, 0.15) is 68.3 Å². The third-order valence-corrected chi connectivity index (χ3v) is 7.20. The molecule has 2 aromatic carbocycles. The Labute approximate surface area is 219 Å². The van der Waals surface area contributed by atoms with E-state index in [2.05, 4.69) is 55.3 Å². The molecule has 1 heterocycles. The van der Waals surface area contributed by atoms with Gasteiger partial charge in [0.05, 0.1) is 30.4 Å². The summed E-state index contributed by atoms with van der Waals surface area (Å²) in [6.07, 6.45) is -1.23. The van der Waals surface area contributed by atoms with E-state index in [0.717, 1.165) is 50.5 Å². The number of piperazine rings is 1. The maximum Gasteiger partial charge on any atom is 0.417 e. The van der Waals surface area contributed by atoms with Crippen molar-refractivity contribution in [3.63, 3.8) is 0 Å². The average Bonchev–Trinajstić information content (AvgIpc) is 2.92. The highest BCUT2D eigenvalue weighted by Crippen LogP contribution is 2.34. The van der Waals surface area contributed by atoms with Crippen LogP contribution >= 0.6 is 0 Å². The van der Waals surface area contributed by atoms with Crippen molar-refractivity contribution in [2.24, 2.45) is 0 Å². The lowest BCUT2D eigenvalue weighted by atomic mass is 10.0. The Bertz CT molecular complexity index is 1010. The van der Waals surface area contributed by atoms with Crippen molar-refractivity contribution in [3.05, 3.63) is 64.7 Å². The van der Waals surface area contributed by atoms with E-state index in [4.69, 9.17) is 10.00 Å². The third kappa shape index (κ3) is 8.19. The maximum atomic E-state index is 13.3. The number of alkyl halides is 3. The molecular weight excluding hydrogens is 477 g/mol. The lowest BCUT2D eigenvalue weighted by molar-refractivity contribution is -0.137. The van der Waals surface area contributed by atoms with Crippen molar-refractivity contribution in [2.45, 2.75) is 64.9 Å². The summed E-state index contributed by atoms with van der Waals surface area (Å²) in [5.74, 6) is 0. The van der Waals surface area contributed by atoms with E-state index in [1.54, 1.807) is 12.1 Å². The second-order valence-electron chi connectivity index (χ2n) is 9.60. The molecular formula is C29H39F3N4O. The van der Waals surface area contributed by atoms with E-state index >= 15 is 0 Å². The zero-order valence-corrected chi connectivity index (χ0v) is 22.2. The number of hydrogen-bond acceptors (Lipinski definition) is 5. The van der Waals surface area contributed by atoms with Gasteiger partial charge in [-0.3, -0.25) is 4.90 Å². The molecule has 37 heavy (non-hydrogen) atoms. The van der Waals surface area contributed by atoms with Gasteiger partial charge in [0, 0.05) is 50.5 Å². The molecule has 202 valence electrons. The van der Waals surface area contributed by atoms with E-state index in [-0.39, 0.29) is 5.56 Å². The Hall–Kier alpha value is -2.60. The molecule has 1 unspecified atom stereocenters. The van der Waals surface area contributed by atoms with Crippen molar-refractivity contribution in [1.82, 2.24) is 10.2 Å². The van der Waals surface area contributed by atoms with Gasteiger partial charge in [0.15, 0.2) is 0 Å². The molecule has 1 aliphatic heterocycles. The fourth-order valence-electron chi connectivity index (χ4n) is 4.78. The van der Waals surface area contributed by atoms with Crippen LogP contribution in [0.4, 0.5) is 18.9 Å². The predicted octanol–water partition coefficient (Wildman–Crippen LogP) is 6.15. The topological polar surface area (TPSA) is 51.5 Å². The fraction of sp³-hybridized carbons (Fsp3) is 0.552. The molecule has 3 rings (SSSR count). The molecule has 1 atom stereocenters. The standard InChI is InChI=1S/C29H39F3N4O/c1-4-25(5-2)34-28(6-3)23-9-7-22(8-10-23)21-37-18-17-35-13-15-36(16-14-35)26-12-11-24(20-33)27(19-26)29(30,31)32/h7-12,19,25,28,34H,4-6,13-18,21H2,1-3H3. The molecule has 2 aromatic rings. The summed E-state index contributed by atoms with van der Waals surface area (Å²) < 4.78 is 45.8. The number of halogens is 3. The lowest BCUT2D eigenvalue weighted by Gasteiger charge is -2.36. The molecule has 1 N–H and O–H groups in total. The number of benzene rings is 2. The van der Waals surface area contributed by atoms with Crippen LogP contribution < -0.4 is 10.2 Å². The normalized spacial score (nSPS) is 15.7. The molecule has 0 aromatic heterocycles. The van der Waals surface area contributed by atoms with Gasteiger partial charge in [-0.05, 0) is 48.6 Å². The van der Waals surface area contributed by atoms with Crippen LogP contribution in [0.2, 0.25) is 0 Å². The van der Waals surface area contributed by atoms with Crippen LogP contribution in [0.3, 0.4) is 0 Å². The lowest BCUT2D eigenvalue weighted by Crippen LogP contribution is -2.47. The number of rotatable bonds is 12. The van der Waals surface area contributed by atoms with Crippen molar-refractivity contribution in [3.8, 4) is 6.07 Å². The Morgan fingerprint density at radius 3 is 2.22 bits per heavy atom. The summed E-state index contributed by atoms with van der Waals surface area (Å²) in [5.41, 5.74) is 1.74. The first kappa shape index (κ1) is 29.0. The van der Waals surface area contributed by atoms with Gasteiger partial charge in [0.25, 0.3) is 0 Å². The number of nitrogens with zero attached hydrogens (tertiary/aromatic N) is 3. The van der Waals surface area contributed by atoms with Gasteiger partial charge in [-0.2, -0.15) is 18.4 Å². The van der Waals surface area contributed by atoms with Crippen LogP contribution in [-0.2, 0) is 17.5 Å². The summed E-state index contributed by atoms with van der Waals surface area (Å²) in [6.45, 7) is 11.4. The SMILES string of the molecule is CCC(CC)NC(CC)c1ccc(COCCN2CCN(c3ccc(C#N)c(C(F)(F)F)c3)CC2)cc1. The van der Waals surface area contributed by atoms with E-state index < -0.39 is 11.7 Å². The molecule has 1 aliphatic rings. The predicted molar refractivity (Wildman–Crippen MR) is 141 cm³/mol. The van der Waals surface area contributed by atoms with Gasteiger partial charge in [0.2, 0.25) is 0 Å². The van der Waals surface area contributed by atoms with Crippen LogP contribution in [0.25, 0.3) is 0 Å². The zero-order chi connectivity index (χ0) is 26.8. The molecule has 0 spiro atoms. The van der Waals surface area contributed by atoms with Gasteiger partial charge in [-0.1, -0.05) is 45.0 Å². The van der Waals surface area contributed by atoms with Crippen molar-refractivity contribution in [1.29, 1.82) is 5.26 Å². The second-order valence-corrected chi connectivity index (χ2v) is 9.60. The minimum absolute atomic E-state index is 0.342. The molecule has 0 aliphatic carbocycles. The molecule has 8 heteroatoms. The first-order valence-electron chi connectivity index (χ1n) is 13.3. The summed E-state index contributed by atoms with van der Waals surface area (Å²) in [7, 11) is 0. The summed E-state index contributed by atoms with van der Waals surface area (Å²) >= 11 is 0. The number of anilines is 1. The van der Waals surface area contributed by atoms with Gasteiger partial charge in [-0.15, -0.1) is 0 Å². The summed E-state index contributed by atoms with van der Waals surface area (Å²) in [6, 6.07) is 15.1. The smallest absolute Gasteiger partial charge is 0.375 e. The Morgan fingerprint density at radius 1 is 0.973 bits per heavy atom. The summed E-state index contributed by atoms with van der Waals surface area (Å²) in [5, 5.41) is 12.8. The van der Waals surface area contributed by atoms with Crippen molar-refractivity contribution >= 4 is 5.69 Å². The quantitative estimate of drug-likeness (QED) is 0.343. The Balaban J connectivity index is 1.42. The monoisotopic (exact) mass is 516 g/mol. The van der Waals surface area contributed by atoms with Gasteiger partial charge < -0.3 is 15.0 Å². The number of hydrogen-bond donors (Lipinski definition) is 1. The average molecular weight is 517 g/mol.